The Bertz CT molecular complexity index is 409. The van der Waals surface area contributed by atoms with Crippen LogP contribution in [0.1, 0.15) is 24.2 Å². The summed E-state index contributed by atoms with van der Waals surface area (Å²) in [6.07, 6.45) is 0. The number of nitrogens with one attached hydrogen (secondary N) is 1. The predicted molar refractivity (Wildman–Crippen MR) is 67.3 cm³/mol. The Morgan fingerprint density at radius 3 is 2.82 bits per heavy atom. The van der Waals surface area contributed by atoms with Gasteiger partial charge in [-0.25, -0.2) is 0 Å². The third-order valence-electron chi connectivity index (χ3n) is 2.56. The van der Waals surface area contributed by atoms with Crippen LogP contribution in [0.15, 0.2) is 18.2 Å². The summed E-state index contributed by atoms with van der Waals surface area (Å²) in [5.41, 5.74) is 0.651. The van der Waals surface area contributed by atoms with Gasteiger partial charge in [-0.05, 0) is 31.7 Å². The number of fused-ring (bicyclic) bond motifs is 1. The maximum atomic E-state index is 12.0. The number of benzene rings is 1. The molecule has 1 heterocycles. The van der Waals surface area contributed by atoms with Crippen LogP contribution in [0.3, 0.4) is 0 Å². The molecule has 0 saturated carbocycles. The van der Waals surface area contributed by atoms with Crippen LogP contribution in [-0.4, -0.2) is 25.2 Å². The fourth-order valence-electron chi connectivity index (χ4n) is 1.70. The van der Waals surface area contributed by atoms with Crippen LogP contribution in [0.25, 0.3) is 0 Å². The van der Waals surface area contributed by atoms with E-state index in [1.807, 2.05) is 13.8 Å². The van der Waals surface area contributed by atoms with Crippen molar-refractivity contribution >= 4 is 18.2 Å². The molecule has 1 aliphatic heterocycles. The molecule has 0 aliphatic carbocycles. The second kappa shape index (κ2) is 5.89. The Labute approximate surface area is 107 Å². The molecule has 1 atom stereocenters. The van der Waals surface area contributed by atoms with Gasteiger partial charge in [0, 0.05) is 5.56 Å². The number of likely N-dealkylation sites (N-methyl/N-ethyl adjacent to an activating group) is 1. The summed E-state index contributed by atoms with van der Waals surface area (Å²) in [6.45, 7) is 4.84. The van der Waals surface area contributed by atoms with Crippen molar-refractivity contribution in [2.75, 3.05) is 13.3 Å². The topological polar surface area (TPSA) is 47.6 Å². The molecule has 0 aromatic heterocycles. The average molecular weight is 258 g/mol. The first-order valence-electron chi connectivity index (χ1n) is 5.39. The molecule has 17 heavy (non-hydrogen) atoms. The molecular weight excluding hydrogens is 242 g/mol. The van der Waals surface area contributed by atoms with Crippen LogP contribution in [0, 0.1) is 0 Å². The van der Waals surface area contributed by atoms with Crippen LogP contribution in [-0.2, 0) is 0 Å². The summed E-state index contributed by atoms with van der Waals surface area (Å²) >= 11 is 0. The van der Waals surface area contributed by atoms with E-state index in [2.05, 4.69) is 5.32 Å². The van der Waals surface area contributed by atoms with Crippen LogP contribution < -0.4 is 14.8 Å². The van der Waals surface area contributed by atoms with Gasteiger partial charge in [0.25, 0.3) is 0 Å². The van der Waals surface area contributed by atoms with Crippen LogP contribution >= 0.6 is 12.4 Å². The highest BCUT2D eigenvalue weighted by atomic mass is 35.5. The van der Waals surface area contributed by atoms with Gasteiger partial charge in [-0.1, -0.05) is 6.92 Å². The van der Waals surface area contributed by atoms with Gasteiger partial charge in [0.1, 0.15) is 0 Å². The summed E-state index contributed by atoms with van der Waals surface area (Å²) in [4.78, 5) is 12.0. The first-order chi connectivity index (χ1) is 7.72. The molecule has 0 saturated heterocycles. The van der Waals surface area contributed by atoms with Crippen molar-refractivity contribution in [1.29, 1.82) is 0 Å². The molecule has 0 bridgehead atoms. The highest BCUT2D eigenvalue weighted by molar-refractivity contribution is 6.00. The van der Waals surface area contributed by atoms with Crippen molar-refractivity contribution in [2.24, 2.45) is 0 Å². The van der Waals surface area contributed by atoms with Gasteiger partial charge < -0.3 is 14.8 Å². The van der Waals surface area contributed by atoms with Crippen molar-refractivity contribution in [3.63, 3.8) is 0 Å². The number of hydrogen-bond donors (Lipinski definition) is 1. The zero-order chi connectivity index (χ0) is 11.5. The van der Waals surface area contributed by atoms with Crippen LogP contribution in [0.5, 0.6) is 11.5 Å². The van der Waals surface area contributed by atoms with Gasteiger partial charge in [-0.3, -0.25) is 4.79 Å². The summed E-state index contributed by atoms with van der Waals surface area (Å²) < 4.78 is 10.4. The number of ketones is 1. The Hall–Kier alpha value is -1.26. The van der Waals surface area contributed by atoms with Crippen LogP contribution in [0.4, 0.5) is 0 Å². The van der Waals surface area contributed by atoms with E-state index in [4.69, 9.17) is 9.47 Å². The highest BCUT2D eigenvalue weighted by Crippen LogP contribution is 2.32. The van der Waals surface area contributed by atoms with Gasteiger partial charge in [0.15, 0.2) is 17.3 Å². The Balaban J connectivity index is 0.00000144. The minimum absolute atomic E-state index is 0. The van der Waals surface area contributed by atoms with Crippen molar-refractivity contribution in [3.05, 3.63) is 23.8 Å². The van der Waals surface area contributed by atoms with E-state index >= 15 is 0 Å². The van der Waals surface area contributed by atoms with E-state index in [1.54, 1.807) is 18.2 Å². The molecule has 0 amide bonds. The molecule has 94 valence electrons. The summed E-state index contributed by atoms with van der Waals surface area (Å²) in [5, 5.41) is 3.09. The lowest BCUT2D eigenvalue weighted by Crippen LogP contribution is -2.33. The molecule has 2 rings (SSSR count). The first-order valence-corrected chi connectivity index (χ1v) is 5.39. The normalized spacial score (nSPS) is 14.0. The number of rotatable bonds is 4. The lowest BCUT2D eigenvalue weighted by molar-refractivity contribution is 0.0951. The fourth-order valence-corrected chi connectivity index (χ4v) is 1.70. The molecule has 4 nitrogen and oxygen atoms in total. The summed E-state index contributed by atoms with van der Waals surface area (Å²) in [5.74, 6) is 1.42. The zero-order valence-electron chi connectivity index (χ0n) is 9.86. The predicted octanol–water partition coefficient (Wildman–Crippen LogP) is 2.02. The van der Waals surface area contributed by atoms with E-state index in [9.17, 15) is 4.79 Å². The smallest absolute Gasteiger partial charge is 0.231 e. The monoisotopic (exact) mass is 257 g/mol. The van der Waals surface area contributed by atoms with Crippen molar-refractivity contribution in [2.45, 2.75) is 19.9 Å². The van der Waals surface area contributed by atoms with Gasteiger partial charge in [0.05, 0.1) is 6.04 Å². The molecule has 1 aromatic rings. The minimum Gasteiger partial charge on any atom is -0.454 e. The van der Waals surface area contributed by atoms with E-state index in [-0.39, 0.29) is 31.0 Å². The van der Waals surface area contributed by atoms with Gasteiger partial charge in [-0.15, -0.1) is 12.4 Å². The number of halogens is 1. The third kappa shape index (κ3) is 2.90. The second-order valence-corrected chi connectivity index (χ2v) is 3.71. The van der Waals surface area contributed by atoms with Gasteiger partial charge >= 0.3 is 0 Å². The minimum atomic E-state index is -0.176. The maximum Gasteiger partial charge on any atom is 0.231 e. The van der Waals surface area contributed by atoms with E-state index < -0.39 is 0 Å². The van der Waals surface area contributed by atoms with Crippen molar-refractivity contribution in [3.8, 4) is 11.5 Å². The molecule has 0 radical (unpaired) electrons. The first kappa shape index (κ1) is 13.8. The molecular formula is C12H16ClNO3. The summed E-state index contributed by atoms with van der Waals surface area (Å²) in [6, 6.07) is 5.10. The quantitative estimate of drug-likeness (QED) is 0.839. The molecule has 0 spiro atoms. The lowest BCUT2D eigenvalue weighted by Gasteiger charge is -2.11. The highest BCUT2D eigenvalue weighted by Gasteiger charge is 2.19. The Kier molecular flexibility index (Phi) is 4.78. The second-order valence-electron chi connectivity index (χ2n) is 3.71. The largest absolute Gasteiger partial charge is 0.454 e. The summed E-state index contributed by atoms with van der Waals surface area (Å²) in [7, 11) is 0. The average Bonchev–Trinajstić information content (AvgIpc) is 2.75. The molecule has 1 N–H and O–H groups in total. The fraction of sp³-hybridized carbons (Fsp3) is 0.417. The lowest BCUT2D eigenvalue weighted by atomic mass is 10.0. The maximum absolute atomic E-state index is 12.0. The van der Waals surface area contributed by atoms with E-state index in [0.29, 0.717) is 17.1 Å². The third-order valence-corrected chi connectivity index (χ3v) is 2.56. The van der Waals surface area contributed by atoms with Crippen molar-refractivity contribution in [1.82, 2.24) is 5.32 Å². The SMILES string of the molecule is CCNC(C)C(=O)c1ccc2c(c1)OCO2.Cl. The number of hydrogen-bond acceptors (Lipinski definition) is 4. The van der Waals surface area contributed by atoms with Gasteiger partial charge in [0.2, 0.25) is 6.79 Å². The molecule has 5 heteroatoms. The Morgan fingerprint density at radius 2 is 2.12 bits per heavy atom. The molecule has 1 aromatic carbocycles. The van der Waals surface area contributed by atoms with E-state index in [1.165, 1.54) is 0 Å². The van der Waals surface area contributed by atoms with Gasteiger partial charge in [-0.2, -0.15) is 0 Å². The molecule has 0 fully saturated rings. The van der Waals surface area contributed by atoms with Crippen molar-refractivity contribution < 1.29 is 14.3 Å². The van der Waals surface area contributed by atoms with Crippen LogP contribution in [0.2, 0.25) is 0 Å². The number of carbonyl (C=O) groups excluding carboxylic acids is 1. The van der Waals surface area contributed by atoms with E-state index in [0.717, 1.165) is 6.54 Å². The molecule has 1 aliphatic rings. The number of Topliss-reactive ketones (excluding diaryl/α,β-unsaturated/α-hetero) is 1. The standard InChI is InChI=1S/C12H15NO3.ClH/c1-3-13-8(2)12(14)9-4-5-10-11(6-9)16-7-15-10;/h4-6,8,13H,3,7H2,1-2H3;1H. The number of ether oxygens (including phenoxy) is 2. The zero-order valence-corrected chi connectivity index (χ0v) is 10.7. The molecule has 1 unspecified atom stereocenters. The number of carbonyl (C=O) groups is 1. The Morgan fingerprint density at radius 1 is 1.41 bits per heavy atom.